The zero-order valence-electron chi connectivity index (χ0n) is 9.35. The molecule has 2 atom stereocenters. The maximum atomic E-state index is 3.42. The summed E-state index contributed by atoms with van der Waals surface area (Å²) < 4.78 is 0. The summed E-state index contributed by atoms with van der Waals surface area (Å²) in [4.78, 5) is 0. The van der Waals surface area contributed by atoms with E-state index in [0.717, 1.165) is 11.8 Å². The number of rotatable bonds is 6. The molecule has 0 saturated heterocycles. The van der Waals surface area contributed by atoms with Gasteiger partial charge < -0.3 is 5.32 Å². The second-order valence-electron chi connectivity index (χ2n) is 4.29. The van der Waals surface area contributed by atoms with Crippen LogP contribution in [0.15, 0.2) is 0 Å². The molecule has 0 aliphatic heterocycles. The van der Waals surface area contributed by atoms with Crippen LogP contribution in [0.25, 0.3) is 0 Å². The molecule has 0 heterocycles. The molecule has 1 heteroatoms. The summed E-state index contributed by atoms with van der Waals surface area (Å²) >= 11 is 0. The van der Waals surface area contributed by atoms with Crippen molar-refractivity contribution in [3.63, 3.8) is 0 Å². The number of hydrogen-bond acceptors (Lipinski definition) is 1. The average Bonchev–Trinajstić information content (AvgIpc) is 2.00. The van der Waals surface area contributed by atoms with Gasteiger partial charge in [-0.1, -0.05) is 34.1 Å². The predicted molar refractivity (Wildman–Crippen MR) is 56.4 cm³/mol. The van der Waals surface area contributed by atoms with Gasteiger partial charge >= 0.3 is 0 Å². The van der Waals surface area contributed by atoms with Crippen molar-refractivity contribution in [1.82, 2.24) is 5.32 Å². The van der Waals surface area contributed by atoms with E-state index in [-0.39, 0.29) is 0 Å². The van der Waals surface area contributed by atoms with Crippen LogP contribution in [0.4, 0.5) is 0 Å². The normalized spacial score (nSPS) is 16.5. The smallest absolute Gasteiger partial charge is 0.00921 e. The summed E-state index contributed by atoms with van der Waals surface area (Å²) in [6, 6.07) is 0.713. The molecule has 74 valence electrons. The molecule has 0 aliphatic carbocycles. The van der Waals surface area contributed by atoms with Gasteiger partial charge in [-0.05, 0) is 31.7 Å². The maximum absolute atomic E-state index is 3.42. The van der Waals surface area contributed by atoms with Crippen molar-refractivity contribution >= 4 is 0 Å². The van der Waals surface area contributed by atoms with Gasteiger partial charge in [0, 0.05) is 6.04 Å². The lowest BCUT2D eigenvalue weighted by atomic mass is 9.90. The molecule has 0 spiro atoms. The van der Waals surface area contributed by atoms with Gasteiger partial charge in [-0.15, -0.1) is 0 Å². The van der Waals surface area contributed by atoms with E-state index in [9.17, 15) is 0 Å². The Hall–Kier alpha value is -0.0400. The highest BCUT2D eigenvalue weighted by Crippen LogP contribution is 2.16. The van der Waals surface area contributed by atoms with Crippen molar-refractivity contribution < 1.29 is 0 Å². The van der Waals surface area contributed by atoms with Gasteiger partial charge in [-0.25, -0.2) is 0 Å². The van der Waals surface area contributed by atoms with E-state index >= 15 is 0 Å². The zero-order valence-corrected chi connectivity index (χ0v) is 9.35. The van der Waals surface area contributed by atoms with Gasteiger partial charge in [0.1, 0.15) is 0 Å². The van der Waals surface area contributed by atoms with E-state index in [1.807, 2.05) is 0 Å². The highest BCUT2D eigenvalue weighted by molar-refractivity contribution is 4.72. The Kier molecular flexibility index (Phi) is 6.45. The Balaban J connectivity index is 3.78. The SMILES string of the molecule is CCCC(C)C(CC(C)C)NC. The minimum Gasteiger partial charge on any atom is -0.317 e. The second kappa shape index (κ2) is 6.47. The van der Waals surface area contributed by atoms with Crippen LogP contribution in [0, 0.1) is 11.8 Å². The first-order chi connectivity index (χ1) is 5.61. The summed E-state index contributed by atoms with van der Waals surface area (Å²) in [6.07, 6.45) is 3.95. The summed E-state index contributed by atoms with van der Waals surface area (Å²) in [5.74, 6) is 1.63. The first-order valence-corrected chi connectivity index (χ1v) is 5.29. The van der Waals surface area contributed by atoms with Gasteiger partial charge in [0.2, 0.25) is 0 Å². The minimum absolute atomic E-state index is 0.713. The second-order valence-corrected chi connectivity index (χ2v) is 4.29. The van der Waals surface area contributed by atoms with Crippen molar-refractivity contribution in [2.75, 3.05) is 7.05 Å². The standard InChI is InChI=1S/C11H25N/c1-6-7-10(4)11(12-5)8-9(2)3/h9-12H,6-8H2,1-5H3. The van der Waals surface area contributed by atoms with E-state index in [1.165, 1.54) is 19.3 Å². The van der Waals surface area contributed by atoms with Crippen molar-refractivity contribution in [3.8, 4) is 0 Å². The molecule has 0 rings (SSSR count). The molecule has 1 nitrogen and oxygen atoms in total. The molecule has 1 N–H and O–H groups in total. The van der Waals surface area contributed by atoms with Crippen LogP contribution in [0.1, 0.15) is 47.0 Å². The lowest BCUT2D eigenvalue weighted by molar-refractivity contribution is 0.322. The van der Waals surface area contributed by atoms with Crippen LogP contribution in [0.2, 0.25) is 0 Å². The van der Waals surface area contributed by atoms with Gasteiger partial charge in [0.25, 0.3) is 0 Å². The molecule has 0 aromatic rings. The van der Waals surface area contributed by atoms with E-state index < -0.39 is 0 Å². The zero-order chi connectivity index (χ0) is 9.56. The molecule has 2 unspecified atom stereocenters. The molecular formula is C11H25N. The van der Waals surface area contributed by atoms with Crippen LogP contribution in [-0.4, -0.2) is 13.1 Å². The molecule has 0 fully saturated rings. The van der Waals surface area contributed by atoms with Gasteiger partial charge in [-0.2, -0.15) is 0 Å². The van der Waals surface area contributed by atoms with Gasteiger partial charge in [0.05, 0.1) is 0 Å². The van der Waals surface area contributed by atoms with Crippen LogP contribution < -0.4 is 5.32 Å². The molecule has 0 amide bonds. The molecule has 0 radical (unpaired) electrons. The van der Waals surface area contributed by atoms with E-state index in [1.54, 1.807) is 0 Å². The van der Waals surface area contributed by atoms with Gasteiger partial charge in [-0.3, -0.25) is 0 Å². The fraction of sp³-hybridized carbons (Fsp3) is 1.00. The number of nitrogens with one attached hydrogen (secondary N) is 1. The van der Waals surface area contributed by atoms with Crippen molar-refractivity contribution in [2.24, 2.45) is 11.8 Å². The summed E-state index contributed by atoms with van der Waals surface area (Å²) in [7, 11) is 2.08. The van der Waals surface area contributed by atoms with E-state index in [0.29, 0.717) is 6.04 Å². The fourth-order valence-electron chi connectivity index (χ4n) is 1.80. The first-order valence-electron chi connectivity index (χ1n) is 5.29. The van der Waals surface area contributed by atoms with Crippen LogP contribution in [0.5, 0.6) is 0 Å². The fourth-order valence-corrected chi connectivity index (χ4v) is 1.80. The van der Waals surface area contributed by atoms with Crippen molar-refractivity contribution in [3.05, 3.63) is 0 Å². The Labute approximate surface area is 77.9 Å². The van der Waals surface area contributed by atoms with Crippen molar-refractivity contribution in [2.45, 2.75) is 53.0 Å². The van der Waals surface area contributed by atoms with Crippen LogP contribution >= 0.6 is 0 Å². The van der Waals surface area contributed by atoms with E-state index in [4.69, 9.17) is 0 Å². The summed E-state index contributed by atoms with van der Waals surface area (Å²) in [5.41, 5.74) is 0. The molecule has 0 aromatic heterocycles. The number of hydrogen-bond donors (Lipinski definition) is 1. The summed E-state index contributed by atoms with van der Waals surface area (Å²) in [6.45, 7) is 9.21. The molecular weight excluding hydrogens is 146 g/mol. The Bertz CT molecular complexity index is 99.2. The van der Waals surface area contributed by atoms with Crippen LogP contribution in [-0.2, 0) is 0 Å². The molecule has 0 aliphatic rings. The minimum atomic E-state index is 0.713. The third-order valence-electron chi connectivity index (χ3n) is 2.53. The van der Waals surface area contributed by atoms with E-state index in [2.05, 4.69) is 40.1 Å². The quantitative estimate of drug-likeness (QED) is 0.647. The third-order valence-corrected chi connectivity index (χ3v) is 2.53. The lowest BCUT2D eigenvalue weighted by Crippen LogP contribution is -2.33. The van der Waals surface area contributed by atoms with Crippen molar-refractivity contribution in [1.29, 1.82) is 0 Å². The largest absolute Gasteiger partial charge is 0.317 e. The molecule has 12 heavy (non-hydrogen) atoms. The monoisotopic (exact) mass is 171 g/mol. The highest BCUT2D eigenvalue weighted by Gasteiger charge is 2.15. The molecule has 0 saturated carbocycles. The Morgan fingerprint density at radius 1 is 1.17 bits per heavy atom. The average molecular weight is 171 g/mol. The predicted octanol–water partition coefficient (Wildman–Crippen LogP) is 3.06. The van der Waals surface area contributed by atoms with Crippen LogP contribution in [0.3, 0.4) is 0 Å². The topological polar surface area (TPSA) is 12.0 Å². The third kappa shape index (κ3) is 4.76. The van der Waals surface area contributed by atoms with Gasteiger partial charge in [0.15, 0.2) is 0 Å². The maximum Gasteiger partial charge on any atom is 0.00921 e. The first kappa shape index (κ1) is 12.0. The lowest BCUT2D eigenvalue weighted by Gasteiger charge is -2.24. The Morgan fingerprint density at radius 2 is 1.75 bits per heavy atom. The highest BCUT2D eigenvalue weighted by atomic mass is 14.9. The Morgan fingerprint density at radius 3 is 2.08 bits per heavy atom. The molecule has 0 bridgehead atoms. The molecule has 0 aromatic carbocycles. The summed E-state index contributed by atoms with van der Waals surface area (Å²) in [5, 5.41) is 3.42.